The molecule has 1 amide bonds. The molecule has 1 aromatic carbocycles. The van der Waals surface area contributed by atoms with Gasteiger partial charge in [0.15, 0.2) is 6.20 Å². The maximum Gasteiger partial charge on any atom is 0.412 e. The number of nitro groups is 1. The van der Waals surface area contributed by atoms with Gasteiger partial charge in [-0.15, -0.1) is 0 Å². The molecular weight excluding hydrogens is 330 g/mol. The summed E-state index contributed by atoms with van der Waals surface area (Å²) in [6.07, 6.45) is 0.942. The van der Waals surface area contributed by atoms with E-state index in [0.717, 1.165) is 9.79 Å². The summed E-state index contributed by atoms with van der Waals surface area (Å²) in [5.41, 5.74) is 0.0680. The lowest BCUT2D eigenvalue weighted by Crippen LogP contribution is -2.27. The molecule has 0 bridgehead atoms. The number of anilines is 1. The molecule has 7 nitrogen and oxygen atoms in total. The maximum absolute atomic E-state index is 11.7. The van der Waals surface area contributed by atoms with Crippen LogP contribution in [0.4, 0.5) is 16.3 Å². The molecule has 24 heavy (non-hydrogen) atoms. The second kappa shape index (κ2) is 7.31. The van der Waals surface area contributed by atoms with Crippen LogP contribution in [-0.2, 0) is 4.74 Å². The predicted molar refractivity (Wildman–Crippen MR) is 91.3 cm³/mol. The molecule has 0 fully saturated rings. The highest BCUT2D eigenvalue weighted by Gasteiger charge is 2.16. The summed E-state index contributed by atoms with van der Waals surface area (Å²) < 4.78 is 5.18. The highest BCUT2D eigenvalue weighted by molar-refractivity contribution is 7.99. The minimum absolute atomic E-state index is 0.184. The quantitative estimate of drug-likeness (QED) is 0.647. The summed E-state index contributed by atoms with van der Waals surface area (Å²) in [5, 5.41) is 13.2. The van der Waals surface area contributed by atoms with Gasteiger partial charge in [0, 0.05) is 16.6 Å². The second-order valence-corrected chi connectivity index (χ2v) is 7.01. The van der Waals surface area contributed by atoms with Crippen LogP contribution in [0.3, 0.4) is 0 Å². The molecule has 0 saturated carbocycles. The Kier molecular flexibility index (Phi) is 5.40. The van der Waals surface area contributed by atoms with E-state index in [9.17, 15) is 14.9 Å². The molecule has 1 N–H and O–H groups in total. The minimum Gasteiger partial charge on any atom is -0.444 e. The smallest absolute Gasteiger partial charge is 0.412 e. The molecule has 0 aliphatic heterocycles. The van der Waals surface area contributed by atoms with Crippen molar-refractivity contribution >= 4 is 29.4 Å². The van der Waals surface area contributed by atoms with Gasteiger partial charge in [-0.05, 0) is 61.0 Å². The lowest BCUT2D eigenvalue weighted by atomic mass is 10.2. The first-order chi connectivity index (χ1) is 11.2. The van der Waals surface area contributed by atoms with Gasteiger partial charge in [-0.25, -0.2) is 4.79 Å². The molecule has 0 atom stereocenters. The molecule has 8 heteroatoms. The summed E-state index contributed by atoms with van der Waals surface area (Å²) in [6.45, 7) is 5.39. The highest BCUT2D eigenvalue weighted by Crippen LogP contribution is 2.28. The van der Waals surface area contributed by atoms with E-state index in [0.29, 0.717) is 5.69 Å². The van der Waals surface area contributed by atoms with E-state index in [1.165, 1.54) is 24.0 Å². The molecule has 0 aliphatic carbocycles. The monoisotopic (exact) mass is 347 g/mol. The molecule has 126 valence electrons. The SMILES string of the molecule is CC(C)(C)OC(=O)Nc1ccc(Sc2ccc([N+](=O)[O-])nc2)cc1. The Bertz CT molecular complexity index is 724. The fraction of sp³-hybridized carbons (Fsp3) is 0.250. The molecule has 2 aromatic rings. The Labute approximate surface area is 143 Å². The number of pyridine rings is 1. The van der Waals surface area contributed by atoms with Crippen molar-refractivity contribution in [3.8, 4) is 0 Å². The lowest BCUT2D eigenvalue weighted by molar-refractivity contribution is -0.389. The summed E-state index contributed by atoms with van der Waals surface area (Å²) >= 11 is 1.42. The van der Waals surface area contributed by atoms with Crippen LogP contribution >= 0.6 is 11.8 Å². The van der Waals surface area contributed by atoms with E-state index in [2.05, 4.69) is 10.3 Å². The molecule has 0 saturated heterocycles. The first kappa shape index (κ1) is 17.7. The summed E-state index contributed by atoms with van der Waals surface area (Å²) in [4.78, 5) is 27.2. The zero-order chi connectivity index (χ0) is 17.7. The first-order valence-electron chi connectivity index (χ1n) is 7.11. The van der Waals surface area contributed by atoms with Crippen molar-refractivity contribution in [1.82, 2.24) is 4.98 Å². The Morgan fingerprint density at radius 2 is 1.79 bits per heavy atom. The molecule has 2 rings (SSSR count). The van der Waals surface area contributed by atoms with Gasteiger partial charge in [0.2, 0.25) is 0 Å². The van der Waals surface area contributed by atoms with Crippen LogP contribution in [0.5, 0.6) is 0 Å². The summed E-state index contributed by atoms with van der Waals surface area (Å²) in [7, 11) is 0. The Hall–Kier alpha value is -2.61. The van der Waals surface area contributed by atoms with Crippen molar-refractivity contribution in [3.63, 3.8) is 0 Å². The molecule has 1 heterocycles. The third kappa shape index (κ3) is 5.54. The molecular formula is C16H17N3O4S. The van der Waals surface area contributed by atoms with Crippen LogP contribution < -0.4 is 5.32 Å². The Balaban J connectivity index is 1.96. The van der Waals surface area contributed by atoms with Crippen molar-refractivity contribution < 1.29 is 14.5 Å². The first-order valence-corrected chi connectivity index (χ1v) is 7.93. The van der Waals surface area contributed by atoms with E-state index in [1.54, 1.807) is 39.0 Å². The zero-order valence-electron chi connectivity index (χ0n) is 13.5. The number of nitrogens with zero attached hydrogens (tertiary/aromatic N) is 2. The zero-order valence-corrected chi connectivity index (χ0v) is 14.3. The Morgan fingerprint density at radius 3 is 2.29 bits per heavy atom. The van der Waals surface area contributed by atoms with Crippen LogP contribution in [0.25, 0.3) is 0 Å². The number of hydrogen-bond donors (Lipinski definition) is 1. The number of ether oxygens (including phenoxy) is 1. The van der Waals surface area contributed by atoms with Crippen LogP contribution in [-0.4, -0.2) is 21.6 Å². The van der Waals surface area contributed by atoms with Gasteiger partial charge in [-0.2, -0.15) is 0 Å². The molecule has 0 aliphatic rings. The number of benzene rings is 1. The van der Waals surface area contributed by atoms with E-state index in [-0.39, 0.29) is 5.82 Å². The summed E-state index contributed by atoms with van der Waals surface area (Å²) in [5.74, 6) is -0.184. The Morgan fingerprint density at radius 1 is 1.17 bits per heavy atom. The van der Waals surface area contributed by atoms with E-state index in [4.69, 9.17) is 4.74 Å². The van der Waals surface area contributed by atoms with Gasteiger partial charge in [-0.1, -0.05) is 11.8 Å². The van der Waals surface area contributed by atoms with E-state index < -0.39 is 16.6 Å². The van der Waals surface area contributed by atoms with Gasteiger partial charge in [0.25, 0.3) is 0 Å². The van der Waals surface area contributed by atoms with Crippen LogP contribution in [0.2, 0.25) is 0 Å². The third-order valence-corrected chi connectivity index (χ3v) is 3.63. The normalized spacial score (nSPS) is 11.0. The average Bonchev–Trinajstić information content (AvgIpc) is 2.48. The number of aromatic nitrogens is 1. The average molecular weight is 347 g/mol. The standard InChI is InChI=1S/C16H17N3O4S/c1-16(2,3)23-15(20)18-11-4-6-12(7-5-11)24-13-8-9-14(17-10-13)19(21)22/h4-10H,1-3H3,(H,18,20). The van der Waals surface area contributed by atoms with E-state index in [1.807, 2.05) is 12.1 Å². The summed E-state index contributed by atoms with van der Waals surface area (Å²) in [6, 6.07) is 10.2. The fourth-order valence-corrected chi connectivity index (χ4v) is 2.49. The molecule has 0 spiro atoms. The van der Waals surface area contributed by atoms with Crippen molar-refractivity contribution in [2.45, 2.75) is 36.2 Å². The number of nitrogens with one attached hydrogen (secondary N) is 1. The van der Waals surface area contributed by atoms with Gasteiger partial charge in [0.1, 0.15) is 5.60 Å². The molecule has 0 radical (unpaired) electrons. The lowest BCUT2D eigenvalue weighted by Gasteiger charge is -2.19. The number of rotatable bonds is 4. The molecule has 1 aromatic heterocycles. The fourth-order valence-electron chi connectivity index (χ4n) is 1.70. The van der Waals surface area contributed by atoms with Crippen molar-refractivity contribution in [1.29, 1.82) is 0 Å². The highest BCUT2D eigenvalue weighted by atomic mass is 32.2. The third-order valence-electron chi connectivity index (χ3n) is 2.64. The minimum atomic E-state index is -0.553. The van der Waals surface area contributed by atoms with Gasteiger partial charge >= 0.3 is 11.9 Å². The van der Waals surface area contributed by atoms with Crippen LogP contribution in [0, 0.1) is 10.1 Å². The maximum atomic E-state index is 11.7. The van der Waals surface area contributed by atoms with Crippen molar-refractivity contribution in [2.75, 3.05) is 5.32 Å². The van der Waals surface area contributed by atoms with Crippen LogP contribution in [0.1, 0.15) is 20.8 Å². The molecule has 0 unspecified atom stereocenters. The largest absolute Gasteiger partial charge is 0.444 e. The second-order valence-electron chi connectivity index (χ2n) is 5.86. The van der Waals surface area contributed by atoms with Gasteiger partial charge in [-0.3, -0.25) is 5.32 Å². The number of carbonyl (C=O) groups excluding carboxylic acids is 1. The number of hydrogen-bond acceptors (Lipinski definition) is 6. The number of carbonyl (C=O) groups is 1. The van der Waals surface area contributed by atoms with Crippen LogP contribution in [0.15, 0.2) is 52.4 Å². The predicted octanol–water partition coefficient (Wildman–Crippen LogP) is 4.49. The van der Waals surface area contributed by atoms with Gasteiger partial charge < -0.3 is 14.9 Å². The van der Waals surface area contributed by atoms with Crippen molar-refractivity contribution in [3.05, 3.63) is 52.7 Å². The topological polar surface area (TPSA) is 94.4 Å². The van der Waals surface area contributed by atoms with E-state index >= 15 is 0 Å². The number of amides is 1. The van der Waals surface area contributed by atoms with Crippen molar-refractivity contribution in [2.24, 2.45) is 0 Å². The van der Waals surface area contributed by atoms with Gasteiger partial charge in [0.05, 0.1) is 4.90 Å².